The lowest BCUT2D eigenvalue weighted by Crippen LogP contribution is -2.73. The Labute approximate surface area is 135 Å². The number of unbranched alkanes of at least 4 members (excludes halogenated alkanes) is 1. The van der Waals surface area contributed by atoms with Crippen LogP contribution >= 0.6 is 11.6 Å². The van der Waals surface area contributed by atoms with Gasteiger partial charge in [0.05, 0.1) is 0 Å². The van der Waals surface area contributed by atoms with Gasteiger partial charge >= 0.3 is 0 Å². The van der Waals surface area contributed by atoms with Crippen molar-refractivity contribution >= 4 is 28.9 Å². The van der Waals surface area contributed by atoms with Gasteiger partial charge in [0, 0.05) is 17.3 Å². The summed E-state index contributed by atoms with van der Waals surface area (Å²) in [7, 11) is 0. The van der Waals surface area contributed by atoms with Crippen LogP contribution in [-0.4, -0.2) is 11.1 Å². The minimum absolute atomic E-state index is 0.235. The lowest BCUT2D eigenvalue weighted by Gasteiger charge is -2.07. The number of amides is 1. The summed E-state index contributed by atoms with van der Waals surface area (Å²) in [5.41, 5.74) is 3.77. The first-order valence-corrected chi connectivity index (χ1v) is 7.69. The number of benzene rings is 2. The van der Waals surface area contributed by atoms with Crippen molar-refractivity contribution in [2.75, 3.05) is 5.32 Å². The average Bonchev–Trinajstić information content (AvgIpc) is 2.54. The predicted molar refractivity (Wildman–Crippen MR) is 87.8 cm³/mol. The van der Waals surface area contributed by atoms with Gasteiger partial charge in [-0.1, -0.05) is 37.1 Å². The molecule has 0 radical (unpaired) electrons. The number of carbonyl (C=O) groups excluding carboxylic acids is 1. The fourth-order valence-corrected chi connectivity index (χ4v) is 2.29. The van der Waals surface area contributed by atoms with Crippen molar-refractivity contribution < 1.29 is 15.5 Å². The standard InChI is InChI=1S/C17H19ClN2O2/c1-2-3-4-12-5-8-14(9-6-12)19-17(21)13-7-10-15(18)16(11-13)20-22/h5-11,20,22H,2-4H2,1H3,(H,19,21)/p+1. The van der Waals surface area contributed by atoms with E-state index in [9.17, 15) is 4.79 Å². The topological polar surface area (TPSA) is 65.9 Å². The van der Waals surface area contributed by atoms with Crippen molar-refractivity contribution in [1.29, 1.82) is 0 Å². The maximum atomic E-state index is 12.2. The number of hydrogen-bond acceptors (Lipinski definition) is 2. The fraction of sp³-hybridized carbons (Fsp3) is 0.235. The lowest BCUT2D eigenvalue weighted by atomic mass is 10.1. The molecule has 0 saturated heterocycles. The summed E-state index contributed by atoms with van der Waals surface area (Å²) in [4.78, 5) is 12.2. The zero-order chi connectivity index (χ0) is 15.9. The van der Waals surface area contributed by atoms with Gasteiger partial charge in [0.25, 0.3) is 5.91 Å². The Balaban J connectivity index is 2.05. The molecular formula is C17H20ClN2O2+. The molecule has 0 aliphatic heterocycles. The van der Waals surface area contributed by atoms with E-state index in [1.807, 2.05) is 24.3 Å². The summed E-state index contributed by atoms with van der Waals surface area (Å²) >= 11 is 5.90. The highest BCUT2D eigenvalue weighted by Crippen LogP contribution is 2.19. The molecule has 1 amide bonds. The Morgan fingerprint density at radius 3 is 2.59 bits per heavy atom. The first kappa shape index (κ1) is 16.5. The molecular weight excluding hydrogens is 300 g/mol. The minimum Gasteiger partial charge on any atom is -0.322 e. The number of anilines is 1. The van der Waals surface area contributed by atoms with Crippen molar-refractivity contribution in [2.24, 2.45) is 0 Å². The number of quaternary nitrogens is 1. The molecule has 2 aromatic rings. The molecule has 22 heavy (non-hydrogen) atoms. The average molecular weight is 320 g/mol. The number of nitrogens with two attached hydrogens (primary N) is 1. The zero-order valence-electron chi connectivity index (χ0n) is 12.5. The Morgan fingerprint density at radius 1 is 1.23 bits per heavy atom. The van der Waals surface area contributed by atoms with Crippen molar-refractivity contribution in [3.63, 3.8) is 0 Å². The summed E-state index contributed by atoms with van der Waals surface area (Å²) in [5.74, 6) is -0.235. The quantitative estimate of drug-likeness (QED) is 0.563. The van der Waals surface area contributed by atoms with Gasteiger partial charge in [0.1, 0.15) is 5.02 Å². The molecule has 0 atom stereocenters. The summed E-state index contributed by atoms with van der Waals surface area (Å²) in [6.07, 6.45) is 3.38. The summed E-state index contributed by atoms with van der Waals surface area (Å²) < 4.78 is 0. The Bertz CT molecular complexity index is 642. The van der Waals surface area contributed by atoms with E-state index in [1.165, 1.54) is 12.0 Å². The molecule has 0 fully saturated rings. The second-order valence-corrected chi connectivity index (χ2v) is 5.53. The molecule has 0 aliphatic carbocycles. The third-order valence-corrected chi connectivity index (χ3v) is 3.77. The van der Waals surface area contributed by atoms with Gasteiger partial charge in [0.15, 0.2) is 5.69 Å². The Kier molecular flexibility index (Phi) is 5.95. The van der Waals surface area contributed by atoms with E-state index in [4.69, 9.17) is 16.8 Å². The van der Waals surface area contributed by atoms with E-state index in [2.05, 4.69) is 12.2 Å². The van der Waals surface area contributed by atoms with Gasteiger partial charge in [-0.15, -0.1) is 0 Å². The van der Waals surface area contributed by atoms with E-state index in [-0.39, 0.29) is 5.91 Å². The van der Waals surface area contributed by atoms with Gasteiger partial charge < -0.3 is 5.32 Å². The SMILES string of the molecule is CCCCc1ccc(NC(=O)c2ccc(Cl)c([NH2+]O)c2)cc1. The molecule has 0 heterocycles. The number of rotatable bonds is 6. The van der Waals surface area contributed by atoms with Crippen molar-refractivity contribution in [1.82, 2.24) is 0 Å². The van der Waals surface area contributed by atoms with Crippen LogP contribution in [0.15, 0.2) is 42.5 Å². The number of hydrogen-bond donors (Lipinski definition) is 3. The van der Waals surface area contributed by atoms with Crippen molar-refractivity contribution in [3.8, 4) is 0 Å². The first-order valence-electron chi connectivity index (χ1n) is 7.31. The summed E-state index contributed by atoms with van der Waals surface area (Å²) in [5, 5.41) is 12.3. The molecule has 4 N–H and O–H groups in total. The molecule has 0 aliphatic rings. The van der Waals surface area contributed by atoms with E-state index >= 15 is 0 Å². The number of halogens is 1. The molecule has 116 valence electrons. The van der Waals surface area contributed by atoms with Crippen LogP contribution in [0.5, 0.6) is 0 Å². The van der Waals surface area contributed by atoms with Crippen LogP contribution in [0.3, 0.4) is 0 Å². The third-order valence-electron chi connectivity index (χ3n) is 3.43. The molecule has 0 aromatic heterocycles. The van der Waals surface area contributed by atoms with Crippen molar-refractivity contribution in [3.05, 3.63) is 58.6 Å². The van der Waals surface area contributed by atoms with Crippen LogP contribution in [0.1, 0.15) is 35.7 Å². The van der Waals surface area contributed by atoms with Crippen LogP contribution in [0.25, 0.3) is 0 Å². The number of aryl methyl sites for hydroxylation is 1. The normalized spacial score (nSPS) is 10.5. The molecule has 2 aromatic carbocycles. The van der Waals surface area contributed by atoms with Gasteiger partial charge in [-0.05, 0) is 42.7 Å². The van der Waals surface area contributed by atoms with E-state index in [0.717, 1.165) is 24.0 Å². The molecule has 2 rings (SSSR count). The van der Waals surface area contributed by atoms with Gasteiger partial charge in [-0.2, -0.15) is 5.48 Å². The first-order chi connectivity index (χ1) is 10.6. The molecule has 0 unspecified atom stereocenters. The van der Waals surface area contributed by atoms with Gasteiger partial charge in [-0.3, -0.25) is 4.79 Å². The molecule has 0 saturated carbocycles. The molecule has 4 nitrogen and oxygen atoms in total. The summed E-state index contributed by atoms with van der Waals surface area (Å²) in [6.45, 7) is 2.17. The lowest BCUT2D eigenvalue weighted by molar-refractivity contribution is -0.825. The fourth-order valence-electron chi connectivity index (χ4n) is 2.12. The van der Waals surface area contributed by atoms with Crippen LogP contribution in [0, 0.1) is 0 Å². The van der Waals surface area contributed by atoms with Crippen LogP contribution < -0.4 is 10.8 Å². The van der Waals surface area contributed by atoms with Crippen LogP contribution in [-0.2, 0) is 6.42 Å². The second-order valence-electron chi connectivity index (χ2n) is 5.12. The van der Waals surface area contributed by atoms with E-state index in [1.54, 1.807) is 18.2 Å². The smallest absolute Gasteiger partial charge is 0.255 e. The van der Waals surface area contributed by atoms with Gasteiger partial charge in [0.2, 0.25) is 0 Å². The Morgan fingerprint density at radius 2 is 1.95 bits per heavy atom. The largest absolute Gasteiger partial charge is 0.322 e. The third kappa shape index (κ3) is 4.31. The minimum atomic E-state index is -0.235. The number of carbonyl (C=O) groups is 1. The molecule has 0 spiro atoms. The maximum Gasteiger partial charge on any atom is 0.255 e. The van der Waals surface area contributed by atoms with E-state index in [0.29, 0.717) is 16.3 Å². The predicted octanol–water partition coefficient (Wildman–Crippen LogP) is 3.52. The maximum absolute atomic E-state index is 12.2. The van der Waals surface area contributed by atoms with Crippen LogP contribution in [0.2, 0.25) is 5.02 Å². The Hall–Kier alpha value is -1.88. The van der Waals surface area contributed by atoms with Gasteiger partial charge in [-0.25, -0.2) is 5.21 Å². The van der Waals surface area contributed by atoms with Crippen molar-refractivity contribution in [2.45, 2.75) is 26.2 Å². The number of nitrogens with one attached hydrogen (secondary N) is 1. The second kappa shape index (κ2) is 7.94. The summed E-state index contributed by atoms with van der Waals surface area (Å²) in [6, 6.07) is 12.6. The monoisotopic (exact) mass is 319 g/mol. The van der Waals surface area contributed by atoms with E-state index < -0.39 is 0 Å². The molecule has 0 bridgehead atoms. The van der Waals surface area contributed by atoms with Crippen LogP contribution in [0.4, 0.5) is 11.4 Å². The highest BCUT2D eigenvalue weighted by Gasteiger charge is 2.11. The molecule has 5 heteroatoms. The highest BCUT2D eigenvalue weighted by molar-refractivity contribution is 6.32. The zero-order valence-corrected chi connectivity index (χ0v) is 13.2. The highest BCUT2D eigenvalue weighted by atomic mass is 35.5.